The molecule has 0 saturated carbocycles. The van der Waals surface area contributed by atoms with Crippen molar-refractivity contribution in [2.24, 2.45) is 11.7 Å². The maximum atomic E-state index is 13.1. The summed E-state index contributed by atoms with van der Waals surface area (Å²) in [6.45, 7) is 3.41. The van der Waals surface area contributed by atoms with E-state index in [9.17, 15) is 9.59 Å². The van der Waals surface area contributed by atoms with Crippen LogP contribution in [-0.2, 0) is 12.8 Å². The molecule has 1 aliphatic carbocycles. The Kier molecular flexibility index (Phi) is 5.28. The summed E-state index contributed by atoms with van der Waals surface area (Å²) in [6, 6.07) is 9.55. The number of piperidine rings is 1. The molecular weight excluding hydrogens is 406 g/mol. The van der Waals surface area contributed by atoms with E-state index in [0.717, 1.165) is 54.8 Å². The lowest BCUT2D eigenvalue weighted by atomic mass is 9.88. The number of fused-ring (bicyclic) bond motifs is 1. The highest BCUT2D eigenvalue weighted by atomic mass is 16.5. The minimum Gasteiger partial charge on any atom is -0.364 e. The van der Waals surface area contributed by atoms with Crippen LogP contribution in [0.5, 0.6) is 0 Å². The van der Waals surface area contributed by atoms with Gasteiger partial charge in [0.25, 0.3) is 11.8 Å². The number of carbonyl (C=O) groups excluding carboxylic acids is 2. The quantitative estimate of drug-likeness (QED) is 0.654. The van der Waals surface area contributed by atoms with E-state index in [1.165, 1.54) is 0 Å². The van der Waals surface area contributed by atoms with Crippen LogP contribution in [-0.4, -0.2) is 44.9 Å². The van der Waals surface area contributed by atoms with Gasteiger partial charge in [-0.1, -0.05) is 42.4 Å². The highest BCUT2D eigenvalue weighted by Gasteiger charge is 2.32. The van der Waals surface area contributed by atoms with Crippen LogP contribution < -0.4 is 5.73 Å². The molecule has 0 unspecified atom stereocenters. The van der Waals surface area contributed by atoms with Gasteiger partial charge in [0.1, 0.15) is 23.0 Å². The number of carbonyl (C=O) groups is 2. The second-order valence-corrected chi connectivity index (χ2v) is 8.92. The number of aryl methyl sites for hydroxylation is 1. The predicted octanol–water partition coefficient (Wildman–Crippen LogP) is 3.31. The maximum absolute atomic E-state index is 13.1. The first kappa shape index (κ1) is 20.5. The van der Waals surface area contributed by atoms with E-state index in [2.05, 4.69) is 17.1 Å². The van der Waals surface area contributed by atoms with E-state index < -0.39 is 5.91 Å². The fraction of sp³-hybridized carbons (Fsp3) is 0.417. The number of likely N-dealkylation sites (tertiary alicyclic amines) is 1. The van der Waals surface area contributed by atoms with Gasteiger partial charge in [-0.05, 0) is 31.6 Å². The molecule has 1 fully saturated rings. The fourth-order valence-electron chi connectivity index (χ4n) is 4.82. The highest BCUT2D eigenvalue weighted by Crippen LogP contribution is 2.32. The Hall–Kier alpha value is -3.42. The Balaban J connectivity index is 1.31. The third-order valence-electron chi connectivity index (χ3n) is 6.67. The number of hydrogen-bond acceptors (Lipinski definition) is 5. The lowest BCUT2D eigenvalue weighted by Gasteiger charge is -2.31. The number of aromatic amines is 1. The number of amides is 2. The monoisotopic (exact) mass is 433 g/mol. The first-order valence-electron chi connectivity index (χ1n) is 11.2. The summed E-state index contributed by atoms with van der Waals surface area (Å²) in [5.41, 5.74) is 8.82. The molecule has 5 rings (SSSR count). The molecule has 1 atom stereocenters. The molecule has 0 spiro atoms. The van der Waals surface area contributed by atoms with Crippen LogP contribution in [0.3, 0.4) is 0 Å². The molecule has 3 aromatic rings. The molecule has 2 aliphatic rings. The summed E-state index contributed by atoms with van der Waals surface area (Å²) >= 11 is 0. The maximum Gasteiger partial charge on any atom is 0.276 e. The minimum absolute atomic E-state index is 0.0511. The molecule has 166 valence electrons. The Bertz CT molecular complexity index is 1140. The summed E-state index contributed by atoms with van der Waals surface area (Å²) in [6.07, 6.45) is 4.27. The number of rotatable bonds is 4. The van der Waals surface area contributed by atoms with Crippen molar-refractivity contribution < 1.29 is 14.1 Å². The van der Waals surface area contributed by atoms with Crippen molar-refractivity contribution in [1.29, 1.82) is 0 Å². The van der Waals surface area contributed by atoms with Crippen molar-refractivity contribution in [3.63, 3.8) is 0 Å². The van der Waals surface area contributed by atoms with Crippen LogP contribution >= 0.6 is 0 Å². The molecular formula is C24H27N5O3. The average Bonchev–Trinajstić information content (AvgIpc) is 3.44. The van der Waals surface area contributed by atoms with Gasteiger partial charge >= 0.3 is 0 Å². The molecule has 0 bridgehead atoms. The van der Waals surface area contributed by atoms with E-state index in [1.54, 1.807) is 0 Å². The molecule has 0 radical (unpaired) electrons. The third kappa shape index (κ3) is 3.70. The highest BCUT2D eigenvalue weighted by molar-refractivity contribution is 5.97. The number of aromatic nitrogens is 3. The number of nitrogens with two attached hydrogens (primary N) is 1. The van der Waals surface area contributed by atoms with Gasteiger partial charge in [-0.3, -0.25) is 9.59 Å². The van der Waals surface area contributed by atoms with Gasteiger partial charge in [-0.2, -0.15) is 0 Å². The van der Waals surface area contributed by atoms with Gasteiger partial charge in [0, 0.05) is 36.6 Å². The van der Waals surface area contributed by atoms with Gasteiger partial charge in [0.15, 0.2) is 5.69 Å². The second-order valence-electron chi connectivity index (χ2n) is 8.92. The van der Waals surface area contributed by atoms with Crippen molar-refractivity contribution in [1.82, 2.24) is 20.0 Å². The van der Waals surface area contributed by atoms with E-state index in [1.807, 2.05) is 35.2 Å². The molecule has 3 N–H and O–H groups in total. The average molecular weight is 434 g/mol. The van der Waals surface area contributed by atoms with Crippen molar-refractivity contribution >= 4 is 11.8 Å². The molecule has 32 heavy (non-hydrogen) atoms. The number of imidazole rings is 1. The van der Waals surface area contributed by atoms with Crippen LogP contribution in [0.25, 0.3) is 11.3 Å². The zero-order valence-electron chi connectivity index (χ0n) is 18.1. The molecule has 2 amide bonds. The smallest absolute Gasteiger partial charge is 0.276 e. The number of nitrogens with one attached hydrogen (secondary N) is 1. The lowest BCUT2D eigenvalue weighted by molar-refractivity contribution is 0.0699. The van der Waals surface area contributed by atoms with Crippen LogP contribution in [0.15, 0.2) is 34.9 Å². The minimum atomic E-state index is -0.528. The van der Waals surface area contributed by atoms with E-state index >= 15 is 0 Å². The third-order valence-corrected chi connectivity index (χ3v) is 6.67. The summed E-state index contributed by atoms with van der Waals surface area (Å²) in [5.74, 6) is 1.70. The molecule has 1 saturated heterocycles. The Morgan fingerprint density at radius 1 is 1.16 bits per heavy atom. The van der Waals surface area contributed by atoms with Gasteiger partial charge in [-0.25, -0.2) is 4.98 Å². The zero-order chi connectivity index (χ0) is 22.2. The number of H-pyrrole nitrogens is 1. The normalized spacial score (nSPS) is 19.0. The standard InChI is InChI=1S/C24H27N5O3/c1-14-7-8-18-17(13-14)20(28-32-18)24(31)29-11-9-16(10-12-29)23-26-19(21(27-23)22(25)30)15-5-3-2-4-6-15/h2-6,14,16H,7-13H2,1H3,(H2,25,30)(H,26,27)/t14-/m0/s1. The Labute approximate surface area is 186 Å². The first-order valence-corrected chi connectivity index (χ1v) is 11.2. The summed E-state index contributed by atoms with van der Waals surface area (Å²) < 4.78 is 5.46. The van der Waals surface area contributed by atoms with E-state index in [4.69, 9.17) is 15.2 Å². The number of hydrogen-bond donors (Lipinski definition) is 2. The first-order chi connectivity index (χ1) is 15.5. The van der Waals surface area contributed by atoms with Gasteiger partial charge in [-0.15, -0.1) is 0 Å². The second kappa shape index (κ2) is 8.26. The van der Waals surface area contributed by atoms with Gasteiger partial charge in [0.2, 0.25) is 0 Å². The molecule has 1 aromatic carbocycles. The van der Waals surface area contributed by atoms with Crippen LogP contribution in [0, 0.1) is 5.92 Å². The largest absolute Gasteiger partial charge is 0.364 e. The Morgan fingerprint density at radius 2 is 1.91 bits per heavy atom. The fourth-order valence-corrected chi connectivity index (χ4v) is 4.82. The SMILES string of the molecule is C[C@H]1CCc2onc(C(=O)N3CCC(c4nc(-c5ccccc5)c(C(N)=O)[nH]4)CC3)c2C1. The van der Waals surface area contributed by atoms with Crippen molar-refractivity contribution in [3.8, 4) is 11.3 Å². The van der Waals surface area contributed by atoms with Crippen LogP contribution in [0.4, 0.5) is 0 Å². The van der Waals surface area contributed by atoms with Crippen molar-refractivity contribution in [2.45, 2.75) is 44.9 Å². The molecule has 3 heterocycles. The Morgan fingerprint density at radius 3 is 2.62 bits per heavy atom. The number of primary amides is 1. The number of nitrogens with zero attached hydrogens (tertiary/aromatic N) is 3. The summed E-state index contributed by atoms with van der Waals surface area (Å²) in [4.78, 5) is 34.8. The molecule has 8 nitrogen and oxygen atoms in total. The molecule has 2 aromatic heterocycles. The lowest BCUT2D eigenvalue weighted by Crippen LogP contribution is -2.38. The zero-order valence-corrected chi connectivity index (χ0v) is 18.1. The van der Waals surface area contributed by atoms with Crippen molar-refractivity contribution in [2.75, 3.05) is 13.1 Å². The van der Waals surface area contributed by atoms with Gasteiger partial charge in [0.05, 0.1) is 0 Å². The van der Waals surface area contributed by atoms with Crippen LogP contribution in [0.1, 0.15) is 70.2 Å². The van der Waals surface area contributed by atoms with E-state index in [0.29, 0.717) is 36.1 Å². The number of benzene rings is 1. The predicted molar refractivity (Wildman–Crippen MR) is 118 cm³/mol. The topological polar surface area (TPSA) is 118 Å². The summed E-state index contributed by atoms with van der Waals surface area (Å²) in [7, 11) is 0. The summed E-state index contributed by atoms with van der Waals surface area (Å²) in [5, 5.41) is 4.12. The van der Waals surface area contributed by atoms with Crippen molar-refractivity contribution in [3.05, 3.63) is 58.9 Å². The van der Waals surface area contributed by atoms with E-state index in [-0.39, 0.29) is 11.8 Å². The molecule has 8 heteroatoms. The van der Waals surface area contributed by atoms with Crippen LogP contribution in [0.2, 0.25) is 0 Å². The van der Waals surface area contributed by atoms with Gasteiger partial charge < -0.3 is 20.1 Å². The molecule has 1 aliphatic heterocycles.